The van der Waals surface area contributed by atoms with Crippen LogP contribution >= 0.6 is 15.9 Å². The molecule has 0 aliphatic carbocycles. The molecule has 0 N–H and O–H groups in total. The van der Waals surface area contributed by atoms with Gasteiger partial charge in [-0.2, -0.15) is 8.42 Å². The van der Waals surface area contributed by atoms with Crippen LogP contribution in [-0.2, 0) is 20.7 Å². The zero-order valence-electron chi connectivity index (χ0n) is 9.89. The molecule has 0 radical (unpaired) electrons. The molecule has 0 heterocycles. The lowest BCUT2D eigenvalue weighted by Gasteiger charge is -2.08. The second kappa shape index (κ2) is 5.38. The average molecular weight is 329 g/mol. The molecule has 0 saturated carbocycles. The molecule has 18 heavy (non-hydrogen) atoms. The molecule has 0 aliphatic rings. The zero-order chi connectivity index (χ0) is 13.2. The van der Waals surface area contributed by atoms with Gasteiger partial charge in [-0.15, -0.1) is 0 Å². The number of fused-ring (bicyclic) bond motifs is 1. The maximum Gasteiger partial charge on any atom is 0.264 e. The molecule has 5 heteroatoms. The standard InChI is InChI=1S/C13H13BrO3S/c1-18(15,16)17-9-8-11-5-2-4-10-6-3-7-12(14)13(10)11/h2-7H,8-9H2,1H3. The van der Waals surface area contributed by atoms with E-state index in [1.54, 1.807) is 0 Å². The third-order valence-electron chi connectivity index (χ3n) is 2.61. The molecular formula is C13H13BrO3S. The van der Waals surface area contributed by atoms with E-state index >= 15 is 0 Å². The van der Waals surface area contributed by atoms with Gasteiger partial charge in [0.2, 0.25) is 0 Å². The van der Waals surface area contributed by atoms with Crippen LogP contribution in [0.25, 0.3) is 10.8 Å². The lowest BCUT2D eigenvalue weighted by Crippen LogP contribution is -2.06. The quantitative estimate of drug-likeness (QED) is 0.810. The van der Waals surface area contributed by atoms with Crippen molar-refractivity contribution in [3.8, 4) is 0 Å². The van der Waals surface area contributed by atoms with Crippen molar-refractivity contribution in [3.05, 3.63) is 46.4 Å². The third kappa shape index (κ3) is 3.31. The van der Waals surface area contributed by atoms with Gasteiger partial charge in [-0.1, -0.05) is 46.3 Å². The Labute approximate surface area is 115 Å². The van der Waals surface area contributed by atoms with Gasteiger partial charge in [0.15, 0.2) is 0 Å². The van der Waals surface area contributed by atoms with E-state index in [4.69, 9.17) is 4.18 Å². The Bertz CT molecular complexity index is 660. The first-order valence-electron chi connectivity index (χ1n) is 5.48. The minimum atomic E-state index is -3.37. The van der Waals surface area contributed by atoms with Crippen LogP contribution in [0.5, 0.6) is 0 Å². The Kier molecular flexibility index (Phi) is 4.04. The predicted molar refractivity (Wildman–Crippen MR) is 76.1 cm³/mol. The molecule has 96 valence electrons. The van der Waals surface area contributed by atoms with Crippen LogP contribution in [-0.4, -0.2) is 21.3 Å². The zero-order valence-corrected chi connectivity index (χ0v) is 12.3. The first kappa shape index (κ1) is 13.5. The van der Waals surface area contributed by atoms with Crippen molar-refractivity contribution in [2.75, 3.05) is 12.9 Å². The highest BCUT2D eigenvalue weighted by Gasteiger charge is 2.06. The van der Waals surface area contributed by atoms with Crippen molar-refractivity contribution in [2.45, 2.75) is 6.42 Å². The van der Waals surface area contributed by atoms with Gasteiger partial charge in [0.25, 0.3) is 10.1 Å². The topological polar surface area (TPSA) is 43.4 Å². The number of hydrogen-bond donors (Lipinski definition) is 0. The molecule has 0 spiro atoms. The molecule has 2 rings (SSSR count). The van der Waals surface area contributed by atoms with E-state index in [2.05, 4.69) is 15.9 Å². The van der Waals surface area contributed by atoms with Crippen LogP contribution in [0.1, 0.15) is 5.56 Å². The summed E-state index contributed by atoms with van der Waals surface area (Å²) in [6.07, 6.45) is 1.62. The van der Waals surface area contributed by atoms with Gasteiger partial charge in [0.05, 0.1) is 12.9 Å². The maximum atomic E-state index is 10.9. The van der Waals surface area contributed by atoms with Crippen LogP contribution in [0.2, 0.25) is 0 Å². The number of halogens is 1. The minimum Gasteiger partial charge on any atom is -0.270 e. The normalized spacial score (nSPS) is 11.9. The van der Waals surface area contributed by atoms with E-state index in [1.807, 2.05) is 36.4 Å². The Morgan fingerprint density at radius 2 is 1.83 bits per heavy atom. The van der Waals surface area contributed by atoms with E-state index in [9.17, 15) is 8.42 Å². The summed E-state index contributed by atoms with van der Waals surface area (Å²) >= 11 is 3.52. The van der Waals surface area contributed by atoms with E-state index < -0.39 is 10.1 Å². The third-order valence-corrected chi connectivity index (χ3v) is 3.86. The molecular weight excluding hydrogens is 316 g/mol. The molecule has 0 fully saturated rings. The molecule has 0 unspecified atom stereocenters. The number of rotatable bonds is 4. The van der Waals surface area contributed by atoms with Crippen LogP contribution in [0.3, 0.4) is 0 Å². The summed E-state index contributed by atoms with van der Waals surface area (Å²) in [4.78, 5) is 0. The molecule has 2 aromatic carbocycles. The second-order valence-electron chi connectivity index (χ2n) is 4.03. The summed E-state index contributed by atoms with van der Waals surface area (Å²) in [5.74, 6) is 0. The Morgan fingerprint density at radius 1 is 1.17 bits per heavy atom. The van der Waals surface area contributed by atoms with Crippen LogP contribution in [0.15, 0.2) is 40.9 Å². The highest BCUT2D eigenvalue weighted by Crippen LogP contribution is 2.27. The highest BCUT2D eigenvalue weighted by atomic mass is 79.9. The molecule has 0 bridgehead atoms. The summed E-state index contributed by atoms with van der Waals surface area (Å²) in [5, 5.41) is 2.23. The lowest BCUT2D eigenvalue weighted by atomic mass is 10.0. The first-order valence-corrected chi connectivity index (χ1v) is 8.09. The molecule has 0 aromatic heterocycles. The molecule has 3 nitrogen and oxygen atoms in total. The summed E-state index contributed by atoms with van der Waals surface area (Å²) in [6.45, 7) is 0.166. The number of hydrogen-bond acceptors (Lipinski definition) is 3. The Morgan fingerprint density at radius 3 is 2.50 bits per heavy atom. The first-order chi connectivity index (χ1) is 8.47. The van der Waals surface area contributed by atoms with E-state index in [-0.39, 0.29) is 6.61 Å². The second-order valence-corrected chi connectivity index (χ2v) is 6.53. The average Bonchev–Trinajstić information content (AvgIpc) is 2.27. The minimum absolute atomic E-state index is 0.166. The van der Waals surface area contributed by atoms with Gasteiger partial charge in [-0.3, -0.25) is 4.18 Å². The molecule has 0 atom stereocenters. The molecule has 0 aliphatic heterocycles. The SMILES string of the molecule is CS(=O)(=O)OCCc1cccc2cccc(Br)c12. The Balaban J connectivity index is 2.28. The molecule has 2 aromatic rings. The van der Waals surface area contributed by atoms with E-state index in [0.29, 0.717) is 6.42 Å². The summed E-state index contributed by atoms with van der Waals surface area (Å²) in [6, 6.07) is 12.0. The van der Waals surface area contributed by atoms with Crippen molar-refractivity contribution < 1.29 is 12.6 Å². The van der Waals surface area contributed by atoms with Gasteiger partial charge in [0, 0.05) is 4.47 Å². The summed E-state index contributed by atoms with van der Waals surface area (Å²) < 4.78 is 27.6. The van der Waals surface area contributed by atoms with Crippen molar-refractivity contribution >= 4 is 36.8 Å². The summed E-state index contributed by atoms with van der Waals surface area (Å²) in [5.41, 5.74) is 1.07. The van der Waals surface area contributed by atoms with Crippen LogP contribution < -0.4 is 0 Å². The van der Waals surface area contributed by atoms with Gasteiger partial charge >= 0.3 is 0 Å². The number of benzene rings is 2. The van der Waals surface area contributed by atoms with Crippen LogP contribution in [0, 0.1) is 0 Å². The predicted octanol–water partition coefficient (Wildman–Crippen LogP) is 3.12. The van der Waals surface area contributed by atoms with E-state index in [0.717, 1.165) is 27.1 Å². The van der Waals surface area contributed by atoms with Gasteiger partial charge in [0.1, 0.15) is 0 Å². The Hall–Kier alpha value is -0.910. The van der Waals surface area contributed by atoms with Gasteiger partial charge in [-0.25, -0.2) is 0 Å². The van der Waals surface area contributed by atoms with Crippen molar-refractivity contribution in [3.63, 3.8) is 0 Å². The van der Waals surface area contributed by atoms with E-state index in [1.165, 1.54) is 0 Å². The molecule has 0 saturated heterocycles. The largest absolute Gasteiger partial charge is 0.270 e. The maximum absolute atomic E-state index is 10.9. The smallest absolute Gasteiger partial charge is 0.264 e. The fourth-order valence-electron chi connectivity index (χ4n) is 1.88. The van der Waals surface area contributed by atoms with Crippen molar-refractivity contribution in [1.29, 1.82) is 0 Å². The fourth-order valence-corrected chi connectivity index (χ4v) is 2.90. The summed E-state index contributed by atoms with van der Waals surface area (Å²) in [7, 11) is -3.37. The van der Waals surface area contributed by atoms with Crippen molar-refractivity contribution in [2.24, 2.45) is 0 Å². The molecule has 0 amide bonds. The lowest BCUT2D eigenvalue weighted by molar-refractivity contribution is 0.326. The van der Waals surface area contributed by atoms with Gasteiger partial charge < -0.3 is 0 Å². The van der Waals surface area contributed by atoms with Gasteiger partial charge in [-0.05, 0) is 28.8 Å². The van der Waals surface area contributed by atoms with Crippen molar-refractivity contribution in [1.82, 2.24) is 0 Å². The van der Waals surface area contributed by atoms with Crippen LogP contribution in [0.4, 0.5) is 0 Å². The highest BCUT2D eigenvalue weighted by molar-refractivity contribution is 9.10. The monoisotopic (exact) mass is 328 g/mol. The fraction of sp³-hybridized carbons (Fsp3) is 0.231.